The first-order valence-corrected chi connectivity index (χ1v) is 14.2. The Hall–Kier alpha value is -3.31. The molecule has 2 aliphatic rings. The first kappa shape index (κ1) is 26.7. The van der Waals surface area contributed by atoms with E-state index in [1.54, 1.807) is 30.0 Å². The highest BCUT2D eigenvalue weighted by Gasteiger charge is 2.37. The van der Waals surface area contributed by atoms with E-state index >= 15 is 0 Å². The highest BCUT2D eigenvalue weighted by Crippen LogP contribution is 2.35. The Morgan fingerprint density at radius 2 is 1.73 bits per heavy atom. The molecule has 0 radical (unpaired) electrons. The van der Waals surface area contributed by atoms with E-state index in [1.165, 1.54) is 30.3 Å². The number of likely N-dealkylation sites (tertiary alicyclic amines) is 1. The van der Waals surface area contributed by atoms with Gasteiger partial charge in [0.2, 0.25) is 5.91 Å². The molecule has 0 aliphatic carbocycles. The van der Waals surface area contributed by atoms with Crippen LogP contribution in [0.5, 0.6) is 11.5 Å². The molecule has 0 saturated carbocycles. The smallest absolute Gasteiger partial charge is 0.339 e. The molecule has 0 spiro atoms. The summed E-state index contributed by atoms with van der Waals surface area (Å²) in [6.45, 7) is 4.84. The van der Waals surface area contributed by atoms with Crippen molar-refractivity contribution < 1.29 is 31.7 Å². The van der Waals surface area contributed by atoms with Gasteiger partial charge in [0.15, 0.2) is 11.5 Å². The number of aryl methyl sites for hydroxylation is 1. The molecule has 2 aliphatic heterocycles. The minimum Gasteiger partial charge on any atom is -0.490 e. The zero-order valence-corrected chi connectivity index (χ0v) is 22.3. The quantitative estimate of drug-likeness (QED) is 0.359. The second kappa shape index (κ2) is 11.4. The van der Waals surface area contributed by atoms with Crippen molar-refractivity contribution in [2.24, 2.45) is 0 Å². The summed E-state index contributed by atoms with van der Waals surface area (Å²) in [6.07, 6.45) is 4.42. The number of carbonyl (C=O) groups is 3. The van der Waals surface area contributed by atoms with Crippen LogP contribution in [0.2, 0.25) is 0 Å². The van der Waals surface area contributed by atoms with E-state index in [-0.39, 0.29) is 40.4 Å². The highest BCUT2D eigenvalue weighted by molar-refractivity contribution is 8.18. The van der Waals surface area contributed by atoms with E-state index in [9.17, 15) is 22.8 Å². The van der Waals surface area contributed by atoms with Gasteiger partial charge in [-0.2, -0.15) is 8.42 Å². The molecule has 11 heteroatoms. The van der Waals surface area contributed by atoms with Gasteiger partial charge >= 0.3 is 10.1 Å². The van der Waals surface area contributed by atoms with E-state index in [4.69, 9.17) is 8.92 Å². The predicted molar refractivity (Wildman–Crippen MR) is 140 cm³/mol. The molecule has 2 heterocycles. The molecular weight excluding hydrogens is 516 g/mol. The molecule has 9 nitrogen and oxygen atoms in total. The third-order valence-electron chi connectivity index (χ3n) is 5.95. The average molecular weight is 545 g/mol. The van der Waals surface area contributed by atoms with Crippen molar-refractivity contribution >= 4 is 45.0 Å². The molecule has 4 rings (SSSR count). The molecule has 0 atom stereocenters. The highest BCUT2D eigenvalue weighted by atomic mass is 32.2. The number of ether oxygens (including phenoxy) is 1. The van der Waals surface area contributed by atoms with Crippen LogP contribution in [-0.2, 0) is 19.7 Å². The van der Waals surface area contributed by atoms with Crippen LogP contribution < -0.4 is 8.92 Å². The van der Waals surface area contributed by atoms with Crippen LogP contribution >= 0.6 is 11.8 Å². The number of carbonyl (C=O) groups excluding carboxylic acids is 3. The third-order valence-corrected chi connectivity index (χ3v) is 8.11. The van der Waals surface area contributed by atoms with E-state index in [0.29, 0.717) is 18.7 Å². The van der Waals surface area contributed by atoms with E-state index < -0.39 is 21.3 Å². The lowest BCUT2D eigenvalue weighted by atomic mass is 10.1. The van der Waals surface area contributed by atoms with Crippen LogP contribution in [0.15, 0.2) is 52.3 Å². The monoisotopic (exact) mass is 544 g/mol. The number of thioether (sulfide) groups is 1. The number of imide groups is 1. The zero-order chi connectivity index (χ0) is 26.6. The van der Waals surface area contributed by atoms with Gasteiger partial charge in [0, 0.05) is 13.1 Å². The Morgan fingerprint density at radius 3 is 2.41 bits per heavy atom. The maximum Gasteiger partial charge on any atom is 0.339 e. The van der Waals surface area contributed by atoms with Crippen molar-refractivity contribution in [2.75, 3.05) is 26.2 Å². The van der Waals surface area contributed by atoms with Crippen LogP contribution in [0.4, 0.5) is 4.79 Å². The Morgan fingerprint density at radius 1 is 1.03 bits per heavy atom. The largest absolute Gasteiger partial charge is 0.490 e. The lowest BCUT2D eigenvalue weighted by Crippen LogP contribution is -2.44. The molecule has 196 valence electrons. The molecule has 2 fully saturated rings. The first-order chi connectivity index (χ1) is 17.7. The van der Waals surface area contributed by atoms with Gasteiger partial charge in [-0.3, -0.25) is 19.3 Å². The summed E-state index contributed by atoms with van der Waals surface area (Å²) in [6, 6.07) is 10.8. The fourth-order valence-corrected chi connectivity index (χ4v) is 5.77. The Labute approximate surface area is 220 Å². The zero-order valence-electron chi connectivity index (χ0n) is 20.6. The Balaban J connectivity index is 1.52. The maximum absolute atomic E-state index is 12.9. The fraction of sp³-hybridized carbons (Fsp3) is 0.346. The van der Waals surface area contributed by atoms with Crippen LogP contribution in [0, 0.1) is 6.92 Å². The molecule has 0 aromatic heterocycles. The van der Waals surface area contributed by atoms with E-state index in [2.05, 4.69) is 0 Å². The second-order valence-corrected chi connectivity index (χ2v) is 11.2. The van der Waals surface area contributed by atoms with Gasteiger partial charge in [0.1, 0.15) is 11.4 Å². The fourth-order valence-electron chi connectivity index (χ4n) is 3.99. The minimum absolute atomic E-state index is 0.000178. The van der Waals surface area contributed by atoms with Gasteiger partial charge in [-0.15, -0.1) is 0 Å². The van der Waals surface area contributed by atoms with Gasteiger partial charge in [-0.25, -0.2) is 0 Å². The number of hydrogen-bond acceptors (Lipinski definition) is 8. The van der Waals surface area contributed by atoms with Crippen molar-refractivity contribution in [2.45, 2.75) is 38.0 Å². The number of piperidine rings is 1. The topological polar surface area (TPSA) is 110 Å². The molecular formula is C26H28N2O7S2. The summed E-state index contributed by atoms with van der Waals surface area (Å²) >= 11 is 0.757. The molecule has 3 amide bonds. The van der Waals surface area contributed by atoms with E-state index in [1.807, 2.05) is 6.92 Å². The number of nitrogens with zero attached hydrogens (tertiary/aromatic N) is 2. The maximum atomic E-state index is 12.9. The molecule has 2 saturated heterocycles. The van der Waals surface area contributed by atoms with Gasteiger partial charge in [-0.05, 0) is 80.8 Å². The molecule has 0 bridgehead atoms. The van der Waals surface area contributed by atoms with Crippen LogP contribution in [0.3, 0.4) is 0 Å². The number of hydrogen-bond donors (Lipinski definition) is 0. The molecule has 0 N–H and O–H groups in total. The molecule has 2 aromatic rings. The second-order valence-electron chi connectivity index (χ2n) is 8.70. The van der Waals surface area contributed by atoms with Crippen molar-refractivity contribution in [1.82, 2.24) is 9.80 Å². The van der Waals surface area contributed by atoms with E-state index in [0.717, 1.165) is 41.5 Å². The summed E-state index contributed by atoms with van der Waals surface area (Å²) < 4.78 is 36.4. The Bertz CT molecular complexity index is 1330. The minimum atomic E-state index is -4.09. The number of rotatable bonds is 8. The van der Waals surface area contributed by atoms with Crippen LogP contribution in [-0.4, -0.2) is 61.5 Å². The van der Waals surface area contributed by atoms with Gasteiger partial charge in [-0.1, -0.05) is 23.8 Å². The molecule has 2 aromatic carbocycles. The van der Waals surface area contributed by atoms with Gasteiger partial charge in [0.25, 0.3) is 11.1 Å². The predicted octanol–water partition coefficient (Wildman–Crippen LogP) is 4.21. The number of amides is 3. The summed E-state index contributed by atoms with van der Waals surface area (Å²) in [5, 5.41) is -0.504. The molecule has 37 heavy (non-hydrogen) atoms. The lowest BCUT2D eigenvalue weighted by molar-refractivity contribution is -0.136. The van der Waals surface area contributed by atoms with Gasteiger partial charge in [0.05, 0.1) is 11.5 Å². The number of benzene rings is 2. The summed E-state index contributed by atoms with van der Waals surface area (Å²) in [7, 11) is -4.09. The van der Waals surface area contributed by atoms with Crippen molar-refractivity contribution in [3.8, 4) is 11.5 Å². The standard InChI is InChI=1S/C26H28N2O7S2/c1-3-34-22-15-19(9-12-21(22)35-37(32,33)20-10-7-18(2)8-11-20)16-23-25(30)28(26(31)36-23)17-24(29)27-13-5-4-6-14-27/h7-12,15-16H,3-6,13-14,17H2,1-2H3/b23-16-. The van der Waals surface area contributed by atoms with Crippen molar-refractivity contribution in [3.05, 3.63) is 58.5 Å². The van der Waals surface area contributed by atoms with Crippen molar-refractivity contribution in [1.29, 1.82) is 0 Å². The summed E-state index contributed by atoms with van der Waals surface area (Å²) in [5.74, 6) is -0.606. The van der Waals surface area contributed by atoms with Crippen LogP contribution in [0.1, 0.15) is 37.3 Å². The third kappa shape index (κ3) is 6.34. The SMILES string of the molecule is CCOc1cc(/C=C2\SC(=O)N(CC(=O)N3CCCCC3)C2=O)ccc1OS(=O)(=O)c1ccc(C)cc1. The molecule has 0 unspecified atom stereocenters. The summed E-state index contributed by atoms with van der Waals surface area (Å²) in [4.78, 5) is 40.8. The van der Waals surface area contributed by atoms with Crippen molar-refractivity contribution in [3.63, 3.8) is 0 Å². The lowest BCUT2D eigenvalue weighted by Gasteiger charge is -2.27. The Kier molecular flexibility index (Phi) is 8.23. The normalized spacial score (nSPS) is 17.4. The first-order valence-electron chi connectivity index (χ1n) is 12.0. The van der Waals surface area contributed by atoms with Gasteiger partial charge < -0.3 is 13.8 Å². The summed E-state index contributed by atoms with van der Waals surface area (Å²) in [5.41, 5.74) is 1.43. The van der Waals surface area contributed by atoms with Crippen LogP contribution in [0.25, 0.3) is 6.08 Å². The average Bonchev–Trinajstić information content (AvgIpc) is 3.13.